The molecule has 2 aromatic carbocycles. The maximum atomic E-state index is 2.42. The van der Waals surface area contributed by atoms with Crippen LogP contribution < -0.4 is 0 Å². The van der Waals surface area contributed by atoms with Gasteiger partial charge in [-0.25, -0.2) is 0 Å². The van der Waals surface area contributed by atoms with Crippen molar-refractivity contribution < 1.29 is 0 Å². The summed E-state index contributed by atoms with van der Waals surface area (Å²) in [7, 11) is 0. The molecular formula is C18H21N. The highest BCUT2D eigenvalue weighted by Crippen LogP contribution is 2.26. The van der Waals surface area contributed by atoms with Gasteiger partial charge in [0.1, 0.15) is 0 Å². The first-order chi connectivity index (χ1) is 9.40. The number of aromatic nitrogens is 1. The van der Waals surface area contributed by atoms with Crippen molar-refractivity contribution in [3.63, 3.8) is 0 Å². The summed E-state index contributed by atoms with van der Waals surface area (Å²) >= 11 is 0. The molecule has 98 valence electrons. The van der Waals surface area contributed by atoms with E-state index in [1.54, 1.807) is 0 Å². The van der Waals surface area contributed by atoms with Crippen LogP contribution >= 0.6 is 0 Å². The molecular weight excluding hydrogens is 230 g/mol. The number of hydrogen-bond acceptors (Lipinski definition) is 0. The molecule has 0 N–H and O–H groups in total. The predicted octanol–water partition coefficient (Wildman–Crippen LogP) is 5.37. The minimum absolute atomic E-state index is 1.14. The third kappa shape index (κ3) is 2.37. The molecule has 1 nitrogen and oxygen atoms in total. The smallest absolute Gasteiger partial charge is 0.0559 e. The minimum Gasteiger partial charge on any atom is -0.347 e. The van der Waals surface area contributed by atoms with Crippen LogP contribution in [0.15, 0.2) is 48.7 Å². The van der Waals surface area contributed by atoms with Gasteiger partial charge in [-0.2, -0.15) is 0 Å². The van der Waals surface area contributed by atoms with E-state index in [0.29, 0.717) is 0 Å². The molecule has 0 radical (unpaired) electrons. The highest BCUT2D eigenvalue weighted by Gasteiger charge is 2.05. The first kappa shape index (κ1) is 12.3. The van der Waals surface area contributed by atoms with Crippen molar-refractivity contribution in [1.82, 2.24) is 4.57 Å². The quantitative estimate of drug-likeness (QED) is 0.537. The number of benzene rings is 2. The second kappa shape index (κ2) is 5.48. The zero-order valence-corrected chi connectivity index (χ0v) is 11.6. The number of rotatable bonds is 5. The van der Waals surface area contributed by atoms with Crippen molar-refractivity contribution >= 4 is 21.7 Å². The molecule has 1 heterocycles. The van der Waals surface area contributed by atoms with Crippen molar-refractivity contribution in [2.24, 2.45) is 0 Å². The SMILES string of the molecule is CCCCCCn1ccc2ccc3ccccc3c21. The molecule has 0 saturated heterocycles. The third-order valence-electron chi connectivity index (χ3n) is 3.91. The Bertz CT molecular complexity index is 678. The van der Waals surface area contributed by atoms with Crippen LogP contribution in [-0.4, -0.2) is 4.57 Å². The Kier molecular flexibility index (Phi) is 3.54. The molecule has 1 heteroatoms. The molecule has 0 spiro atoms. The first-order valence-electron chi connectivity index (χ1n) is 7.37. The lowest BCUT2D eigenvalue weighted by molar-refractivity contribution is 0.594. The van der Waals surface area contributed by atoms with E-state index in [4.69, 9.17) is 0 Å². The molecule has 19 heavy (non-hydrogen) atoms. The fourth-order valence-corrected chi connectivity index (χ4v) is 2.87. The Morgan fingerprint density at radius 3 is 2.58 bits per heavy atom. The third-order valence-corrected chi connectivity index (χ3v) is 3.91. The fraction of sp³-hybridized carbons (Fsp3) is 0.333. The van der Waals surface area contributed by atoms with Gasteiger partial charge < -0.3 is 4.57 Å². The summed E-state index contributed by atoms with van der Waals surface area (Å²) in [4.78, 5) is 0. The highest BCUT2D eigenvalue weighted by atomic mass is 14.9. The van der Waals surface area contributed by atoms with Crippen LogP contribution in [0.3, 0.4) is 0 Å². The molecule has 0 atom stereocenters. The van der Waals surface area contributed by atoms with Crippen molar-refractivity contribution in [2.75, 3.05) is 0 Å². The van der Waals surface area contributed by atoms with Crippen LogP contribution in [-0.2, 0) is 6.54 Å². The van der Waals surface area contributed by atoms with Gasteiger partial charge in [0, 0.05) is 23.5 Å². The van der Waals surface area contributed by atoms with Crippen molar-refractivity contribution in [3.05, 3.63) is 48.7 Å². The summed E-state index contributed by atoms with van der Waals surface area (Å²) in [5.74, 6) is 0. The molecule has 0 amide bonds. The van der Waals surface area contributed by atoms with Crippen LogP contribution in [0, 0.1) is 0 Å². The molecule has 0 aliphatic rings. The van der Waals surface area contributed by atoms with Crippen molar-refractivity contribution in [3.8, 4) is 0 Å². The highest BCUT2D eigenvalue weighted by molar-refractivity contribution is 6.05. The molecule has 0 saturated carbocycles. The van der Waals surface area contributed by atoms with Gasteiger partial charge in [-0.15, -0.1) is 0 Å². The van der Waals surface area contributed by atoms with Gasteiger partial charge in [-0.1, -0.05) is 62.6 Å². The summed E-state index contributed by atoms with van der Waals surface area (Å²) < 4.78 is 2.42. The Balaban J connectivity index is 1.98. The molecule has 0 unspecified atom stereocenters. The summed E-state index contributed by atoms with van der Waals surface area (Å²) in [5, 5.41) is 4.07. The number of nitrogens with zero attached hydrogens (tertiary/aromatic N) is 1. The van der Waals surface area contributed by atoms with Crippen LogP contribution in [0.5, 0.6) is 0 Å². The number of hydrogen-bond donors (Lipinski definition) is 0. The second-order valence-corrected chi connectivity index (χ2v) is 5.29. The maximum Gasteiger partial charge on any atom is 0.0559 e. The lowest BCUT2D eigenvalue weighted by atomic mass is 10.1. The molecule has 0 bridgehead atoms. The van der Waals surface area contributed by atoms with Crippen LogP contribution in [0.1, 0.15) is 32.6 Å². The van der Waals surface area contributed by atoms with E-state index < -0.39 is 0 Å². The first-order valence-corrected chi connectivity index (χ1v) is 7.37. The Hall–Kier alpha value is -1.76. The molecule has 1 aromatic heterocycles. The molecule has 0 aliphatic heterocycles. The van der Waals surface area contributed by atoms with Gasteiger partial charge >= 0.3 is 0 Å². The molecule has 0 fully saturated rings. The van der Waals surface area contributed by atoms with Crippen molar-refractivity contribution in [2.45, 2.75) is 39.2 Å². The topological polar surface area (TPSA) is 4.93 Å². The van der Waals surface area contributed by atoms with Gasteiger partial charge in [-0.05, 0) is 17.9 Å². The Morgan fingerprint density at radius 1 is 0.842 bits per heavy atom. The minimum atomic E-state index is 1.14. The van der Waals surface area contributed by atoms with E-state index in [9.17, 15) is 0 Å². The van der Waals surface area contributed by atoms with Crippen LogP contribution in [0.4, 0.5) is 0 Å². The maximum absolute atomic E-state index is 2.42. The Morgan fingerprint density at radius 2 is 1.68 bits per heavy atom. The predicted molar refractivity (Wildman–Crippen MR) is 83.6 cm³/mol. The van der Waals surface area contributed by atoms with Gasteiger partial charge in [0.15, 0.2) is 0 Å². The summed E-state index contributed by atoms with van der Waals surface area (Å²) in [6.07, 6.45) is 7.50. The van der Waals surface area contributed by atoms with Crippen LogP contribution in [0.2, 0.25) is 0 Å². The van der Waals surface area contributed by atoms with Gasteiger partial charge in [0.05, 0.1) is 5.52 Å². The molecule has 3 aromatic rings. The standard InChI is InChI=1S/C18H21N/c1-2-3-4-7-13-19-14-12-16-11-10-15-8-5-6-9-17(15)18(16)19/h5-6,8-12,14H,2-4,7,13H2,1H3. The number of fused-ring (bicyclic) bond motifs is 3. The van der Waals surface area contributed by atoms with E-state index >= 15 is 0 Å². The summed E-state index contributed by atoms with van der Waals surface area (Å²) in [6.45, 7) is 3.40. The van der Waals surface area contributed by atoms with Gasteiger partial charge in [0.2, 0.25) is 0 Å². The average molecular weight is 251 g/mol. The average Bonchev–Trinajstić information content (AvgIpc) is 2.87. The van der Waals surface area contributed by atoms with Crippen molar-refractivity contribution in [1.29, 1.82) is 0 Å². The summed E-state index contributed by atoms with van der Waals surface area (Å²) in [6, 6.07) is 15.4. The van der Waals surface area contributed by atoms with E-state index in [2.05, 4.69) is 60.2 Å². The van der Waals surface area contributed by atoms with Crippen LogP contribution in [0.25, 0.3) is 21.7 Å². The fourth-order valence-electron chi connectivity index (χ4n) is 2.87. The lowest BCUT2D eigenvalue weighted by Gasteiger charge is -2.08. The van der Waals surface area contributed by atoms with E-state index in [1.165, 1.54) is 47.4 Å². The van der Waals surface area contributed by atoms with E-state index in [0.717, 1.165) is 6.54 Å². The lowest BCUT2D eigenvalue weighted by Crippen LogP contribution is -1.96. The second-order valence-electron chi connectivity index (χ2n) is 5.29. The largest absolute Gasteiger partial charge is 0.347 e. The molecule has 3 rings (SSSR count). The van der Waals surface area contributed by atoms with E-state index in [-0.39, 0.29) is 0 Å². The normalized spacial score (nSPS) is 11.4. The molecule has 0 aliphatic carbocycles. The monoisotopic (exact) mass is 251 g/mol. The number of unbranched alkanes of at least 4 members (excludes halogenated alkanes) is 3. The zero-order chi connectivity index (χ0) is 13.1. The zero-order valence-electron chi connectivity index (χ0n) is 11.6. The van der Waals surface area contributed by atoms with Gasteiger partial charge in [0.25, 0.3) is 0 Å². The van der Waals surface area contributed by atoms with E-state index in [1.807, 2.05) is 0 Å². The number of aryl methyl sites for hydroxylation is 1. The van der Waals surface area contributed by atoms with Gasteiger partial charge in [-0.3, -0.25) is 0 Å². The Labute approximate surface area is 114 Å². The summed E-state index contributed by atoms with van der Waals surface area (Å²) in [5.41, 5.74) is 1.40.